The van der Waals surface area contributed by atoms with E-state index in [1.807, 2.05) is 48.8 Å². The minimum atomic E-state index is 0.752. The molecule has 4 nitrogen and oxygen atoms in total. The van der Waals surface area contributed by atoms with Gasteiger partial charge in [0.15, 0.2) is 0 Å². The molecule has 224 valence electrons. The van der Waals surface area contributed by atoms with Crippen LogP contribution in [0.2, 0.25) is 0 Å². The Morgan fingerprint density at radius 2 is 1.17 bits per heavy atom. The fourth-order valence-corrected chi connectivity index (χ4v) is 7.40. The Hall–Kier alpha value is -6.52. The molecule has 6 aromatic carbocycles. The van der Waals surface area contributed by atoms with Gasteiger partial charge in [-0.15, -0.1) is 0 Å². The summed E-state index contributed by atoms with van der Waals surface area (Å²) in [5.74, 6) is 2.38. The quantitative estimate of drug-likeness (QED) is 0.198. The number of hydrogen-bond acceptors (Lipinski definition) is 3. The van der Waals surface area contributed by atoms with Gasteiger partial charge in [-0.25, -0.2) is 4.98 Å². The summed E-state index contributed by atoms with van der Waals surface area (Å²) < 4.78 is 8.75. The molecule has 48 heavy (non-hydrogen) atoms. The van der Waals surface area contributed by atoms with Gasteiger partial charge in [0.2, 0.25) is 0 Å². The number of aromatic nitrogens is 3. The van der Waals surface area contributed by atoms with Crippen LogP contribution in [0.3, 0.4) is 0 Å². The maximum absolute atomic E-state index is 6.55. The van der Waals surface area contributed by atoms with Crippen LogP contribution in [-0.2, 0) is 0 Å². The molecule has 0 bridgehead atoms. The number of benzene rings is 6. The second-order valence-corrected chi connectivity index (χ2v) is 12.2. The van der Waals surface area contributed by atoms with Crippen LogP contribution < -0.4 is 4.74 Å². The highest BCUT2D eigenvalue weighted by atomic mass is 16.5. The molecule has 0 atom stereocenters. The summed E-state index contributed by atoms with van der Waals surface area (Å²) in [5.41, 5.74) is 11.3. The Labute approximate surface area is 277 Å². The fraction of sp³-hybridized carbons (Fsp3) is 0. The average molecular weight is 614 g/mol. The summed E-state index contributed by atoms with van der Waals surface area (Å²) in [6.07, 6.45) is 3.86. The third kappa shape index (κ3) is 4.10. The van der Waals surface area contributed by atoms with Gasteiger partial charge in [-0.3, -0.25) is 9.55 Å². The van der Waals surface area contributed by atoms with E-state index in [9.17, 15) is 0 Å². The molecule has 9 aromatic rings. The summed E-state index contributed by atoms with van der Waals surface area (Å²) in [7, 11) is 0. The minimum absolute atomic E-state index is 0.752. The second-order valence-electron chi connectivity index (χ2n) is 12.2. The number of para-hydroxylation sites is 1. The number of nitrogens with zero attached hydrogens (tertiary/aromatic N) is 3. The zero-order valence-electron chi connectivity index (χ0n) is 25.8. The van der Waals surface area contributed by atoms with Crippen LogP contribution >= 0.6 is 0 Å². The monoisotopic (exact) mass is 613 g/mol. The van der Waals surface area contributed by atoms with Gasteiger partial charge in [-0.2, -0.15) is 0 Å². The largest absolute Gasteiger partial charge is 0.457 e. The van der Waals surface area contributed by atoms with Crippen molar-refractivity contribution in [1.29, 1.82) is 0 Å². The Kier molecular flexibility index (Phi) is 5.84. The van der Waals surface area contributed by atoms with Crippen molar-refractivity contribution in [1.82, 2.24) is 14.5 Å². The normalized spacial score (nSPS) is 11.8. The van der Waals surface area contributed by atoms with Crippen molar-refractivity contribution < 1.29 is 4.74 Å². The first kappa shape index (κ1) is 26.7. The lowest BCUT2D eigenvalue weighted by Gasteiger charge is -2.13. The van der Waals surface area contributed by atoms with Crippen molar-refractivity contribution in [3.63, 3.8) is 0 Å². The molecule has 3 heterocycles. The van der Waals surface area contributed by atoms with Gasteiger partial charge in [0, 0.05) is 40.4 Å². The number of rotatable bonds is 4. The average Bonchev–Trinajstić information content (AvgIpc) is 3.42. The van der Waals surface area contributed by atoms with Gasteiger partial charge in [0.1, 0.15) is 17.3 Å². The van der Waals surface area contributed by atoms with Crippen LogP contribution in [0.15, 0.2) is 164 Å². The van der Waals surface area contributed by atoms with Gasteiger partial charge in [-0.1, -0.05) is 97.1 Å². The number of ether oxygens (including phenoxy) is 1. The molecule has 0 amide bonds. The van der Waals surface area contributed by atoms with E-state index < -0.39 is 0 Å². The number of pyridine rings is 2. The topological polar surface area (TPSA) is 39.9 Å². The van der Waals surface area contributed by atoms with Crippen molar-refractivity contribution in [3.05, 3.63) is 164 Å². The van der Waals surface area contributed by atoms with Crippen LogP contribution in [0, 0.1) is 0 Å². The first-order chi connectivity index (χ1) is 23.8. The second kappa shape index (κ2) is 10.5. The van der Waals surface area contributed by atoms with Crippen molar-refractivity contribution in [3.8, 4) is 62.0 Å². The summed E-state index contributed by atoms with van der Waals surface area (Å²) in [6.45, 7) is 0. The summed E-state index contributed by atoms with van der Waals surface area (Å²) in [6, 6.07) is 53.0. The molecule has 0 aliphatic heterocycles. The highest BCUT2D eigenvalue weighted by molar-refractivity contribution is 6.13. The highest BCUT2D eigenvalue weighted by Gasteiger charge is 2.22. The third-order valence-corrected chi connectivity index (χ3v) is 9.50. The Balaban J connectivity index is 1.07. The Morgan fingerprint density at radius 1 is 0.458 bits per heavy atom. The lowest BCUT2D eigenvalue weighted by molar-refractivity contribution is 0.483. The van der Waals surface area contributed by atoms with E-state index in [1.54, 1.807) is 0 Å². The van der Waals surface area contributed by atoms with Gasteiger partial charge in [0.25, 0.3) is 0 Å². The summed E-state index contributed by atoms with van der Waals surface area (Å²) in [4.78, 5) is 9.69. The molecule has 1 aliphatic carbocycles. The van der Waals surface area contributed by atoms with Gasteiger partial charge >= 0.3 is 0 Å². The van der Waals surface area contributed by atoms with E-state index in [2.05, 4.69) is 125 Å². The molecular formula is C44H27N3O. The first-order valence-corrected chi connectivity index (χ1v) is 16.1. The zero-order chi connectivity index (χ0) is 31.6. The summed E-state index contributed by atoms with van der Waals surface area (Å²) >= 11 is 0. The lowest BCUT2D eigenvalue weighted by atomic mass is 9.93. The molecule has 0 spiro atoms. The van der Waals surface area contributed by atoms with Gasteiger partial charge < -0.3 is 4.74 Å². The fourth-order valence-electron chi connectivity index (χ4n) is 7.40. The predicted molar refractivity (Wildman–Crippen MR) is 196 cm³/mol. The SMILES string of the molecule is c1ccc(-n2c3ccccc3c3ccc(Oc4cccc(-c5cc6c(cn5)-c5ccccc5-c5cccc7cccc-6c57)c4)cc32)nc1. The molecule has 4 heteroatoms. The van der Waals surface area contributed by atoms with E-state index in [-0.39, 0.29) is 0 Å². The van der Waals surface area contributed by atoms with E-state index >= 15 is 0 Å². The van der Waals surface area contributed by atoms with Crippen molar-refractivity contribution in [2.45, 2.75) is 0 Å². The predicted octanol–water partition coefficient (Wildman–Crippen LogP) is 11.5. The molecular weight excluding hydrogens is 587 g/mol. The number of fused-ring (bicyclic) bond motifs is 8. The van der Waals surface area contributed by atoms with Crippen LogP contribution in [0.25, 0.3) is 83.0 Å². The molecule has 0 radical (unpaired) electrons. The molecule has 0 fully saturated rings. The minimum Gasteiger partial charge on any atom is -0.457 e. The molecule has 0 unspecified atom stereocenters. The smallest absolute Gasteiger partial charge is 0.137 e. The Bertz CT molecular complexity index is 2700. The van der Waals surface area contributed by atoms with Crippen molar-refractivity contribution in [2.24, 2.45) is 0 Å². The molecule has 0 N–H and O–H groups in total. The standard InChI is InChI=1S/C44H27N3O/c1-2-15-33-32(14-1)36-17-8-10-28-11-9-18-37(44(28)36)38-26-40(46-27-39(33)38)29-12-7-13-30(24-29)48-31-21-22-35-34-16-3-4-19-41(34)47(42(35)25-31)43-20-5-6-23-45-43/h1-27H. The van der Waals surface area contributed by atoms with Crippen LogP contribution in [-0.4, -0.2) is 14.5 Å². The molecule has 1 aliphatic rings. The maximum atomic E-state index is 6.55. The maximum Gasteiger partial charge on any atom is 0.137 e. The summed E-state index contributed by atoms with van der Waals surface area (Å²) in [5, 5.41) is 4.85. The van der Waals surface area contributed by atoms with Crippen molar-refractivity contribution in [2.75, 3.05) is 0 Å². The van der Waals surface area contributed by atoms with Crippen LogP contribution in [0.4, 0.5) is 0 Å². The lowest BCUT2D eigenvalue weighted by Crippen LogP contribution is -1.96. The van der Waals surface area contributed by atoms with Gasteiger partial charge in [-0.05, 0) is 87.1 Å². The Morgan fingerprint density at radius 3 is 2.02 bits per heavy atom. The molecule has 0 saturated carbocycles. The third-order valence-electron chi connectivity index (χ3n) is 9.50. The van der Waals surface area contributed by atoms with E-state index in [0.29, 0.717) is 0 Å². The molecule has 3 aromatic heterocycles. The van der Waals surface area contributed by atoms with Crippen LogP contribution in [0.1, 0.15) is 0 Å². The van der Waals surface area contributed by atoms with E-state index in [0.717, 1.165) is 50.6 Å². The highest BCUT2D eigenvalue weighted by Crippen LogP contribution is 2.48. The molecule has 10 rings (SSSR count). The van der Waals surface area contributed by atoms with E-state index in [4.69, 9.17) is 9.72 Å². The molecule has 0 saturated heterocycles. The first-order valence-electron chi connectivity index (χ1n) is 16.1. The number of hydrogen-bond donors (Lipinski definition) is 0. The van der Waals surface area contributed by atoms with Gasteiger partial charge in [0.05, 0.1) is 16.7 Å². The zero-order valence-corrected chi connectivity index (χ0v) is 25.8. The van der Waals surface area contributed by atoms with Crippen LogP contribution in [0.5, 0.6) is 11.5 Å². The van der Waals surface area contributed by atoms with E-state index in [1.165, 1.54) is 44.0 Å². The van der Waals surface area contributed by atoms with Crippen molar-refractivity contribution >= 4 is 32.6 Å².